The molecule has 1 aromatic heterocycles. The van der Waals surface area contributed by atoms with Crippen LogP contribution >= 0.6 is 8.25 Å². The molecule has 0 aliphatic carbocycles. The van der Waals surface area contributed by atoms with Crippen molar-refractivity contribution in [3.63, 3.8) is 0 Å². The summed E-state index contributed by atoms with van der Waals surface area (Å²) in [4.78, 5) is 0. The topological polar surface area (TPSA) is 33.4 Å². The molecule has 0 spiro atoms. The Labute approximate surface area is 68.7 Å². The van der Waals surface area contributed by atoms with Crippen molar-refractivity contribution in [3.05, 3.63) is 17.9 Å². The van der Waals surface area contributed by atoms with Gasteiger partial charge in [-0.25, -0.2) is 0 Å². The standard InChI is InChI=1S/C5H5O2.ClH.Hg/c6-4-5-2-1-3-7-5;;/h1-2,6H,4H2;1H;/q;;+1/p-1. The van der Waals surface area contributed by atoms with Gasteiger partial charge in [-0.3, -0.25) is 0 Å². The molecule has 1 heterocycles. The van der Waals surface area contributed by atoms with Crippen molar-refractivity contribution in [2.24, 2.45) is 0 Å². The van der Waals surface area contributed by atoms with Gasteiger partial charge in [-0.2, -0.15) is 0 Å². The van der Waals surface area contributed by atoms with Crippen LogP contribution in [0.1, 0.15) is 5.76 Å². The van der Waals surface area contributed by atoms with Crippen LogP contribution in [0.2, 0.25) is 0 Å². The third kappa shape index (κ3) is 1.95. The van der Waals surface area contributed by atoms with Crippen LogP contribution in [-0.2, 0) is 29.9 Å². The van der Waals surface area contributed by atoms with E-state index >= 15 is 0 Å². The Morgan fingerprint density at radius 3 is 2.78 bits per heavy atom. The molecule has 0 aromatic carbocycles. The monoisotopic (exact) mass is 334 g/mol. The molecule has 0 fully saturated rings. The Kier molecular flexibility index (Phi) is 3.02. The molecule has 0 aliphatic heterocycles. The summed E-state index contributed by atoms with van der Waals surface area (Å²) in [6.45, 7) is -0.0231. The number of hydrogen-bond acceptors (Lipinski definition) is 2. The van der Waals surface area contributed by atoms with Crippen molar-refractivity contribution in [2.75, 3.05) is 0 Å². The molecule has 0 amide bonds. The minimum atomic E-state index is -1.34. The zero-order valence-electron chi connectivity index (χ0n) is 4.80. The summed E-state index contributed by atoms with van der Waals surface area (Å²) < 4.78 is 6.02. The average Bonchev–Trinajstić information content (AvgIpc) is 2.34. The first-order valence-corrected chi connectivity index (χ1v) is 12.1. The molecule has 0 saturated carbocycles. The van der Waals surface area contributed by atoms with Crippen LogP contribution in [0.3, 0.4) is 0 Å². The second-order valence-electron chi connectivity index (χ2n) is 1.66. The number of aliphatic hydroxyl groups excluding tert-OH is 1. The SMILES string of the molecule is OCc1cc[c]([Hg][Cl])o1. The molecule has 0 unspecified atom stereocenters. The number of furan rings is 1. The number of rotatable bonds is 2. The van der Waals surface area contributed by atoms with Gasteiger partial charge in [0.2, 0.25) is 0 Å². The van der Waals surface area contributed by atoms with Crippen LogP contribution < -0.4 is 3.27 Å². The van der Waals surface area contributed by atoms with E-state index in [4.69, 9.17) is 17.8 Å². The van der Waals surface area contributed by atoms with E-state index in [-0.39, 0.29) is 6.61 Å². The molecule has 1 N–H and O–H groups in total. The Bertz CT molecular complexity index is 168. The van der Waals surface area contributed by atoms with E-state index in [0.717, 1.165) is 3.27 Å². The molecule has 0 radical (unpaired) electrons. The molecule has 46 valence electrons. The molecule has 2 nitrogen and oxygen atoms in total. The third-order valence-electron chi connectivity index (χ3n) is 1.00. The fourth-order valence-electron chi connectivity index (χ4n) is 0.579. The quantitative estimate of drug-likeness (QED) is 0.806. The molecule has 0 aliphatic rings. The summed E-state index contributed by atoms with van der Waals surface area (Å²) >= 11 is -1.34. The first-order valence-electron chi connectivity index (χ1n) is 2.61. The summed E-state index contributed by atoms with van der Waals surface area (Å²) in [7, 11) is 5.64. The minimum absolute atomic E-state index is 0.0231. The average molecular weight is 333 g/mol. The van der Waals surface area contributed by atoms with Crippen LogP contribution in [0.5, 0.6) is 0 Å². The van der Waals surface area contributed by atoms with E-state index in [9.17, 15) is 0 Å². The van der Waals surface area contributed by atoms with E-state index in [1.165, 1.54) is 0 Å². The normalized spacial score (nSPS) is 9.11. The van der Waals surface area contributed by atoms with E-state index < -0.39 is 23.3 Å². The van der Waals surface area contributed by atoms with E-state index in [1.54, 1.807) is 6.07 Å². The van der Waals surface area contributed by atoms with Crippen LogP contribution in [0.25, 0.3) is 0 Å². The summed E-state index contributed by atoms with van der Waals surface area (Å²) in [5.74, 6) is 0.616. The van der Waals surface area contributed by atoms with Crippen molar-refractivity contribution in [2.45, 2.75) is 6.61 Å². The van der Waals surface area contributed by atoms with Crippen molar-refractivity contribution < 1.29 is 32.9 Å². The van der Waals surface area contributed by atoms with Crippen molar-refractivity contribution in [1.29, 1.82) is 0 Å². The first-order chi connectivity index (χ1) is 4.36. The van der Waals surface area contributed by atoms with Gasteiger partial charge in [0, 0.05) is 0 Å². The molecule has 0 saturated heterocycles. The van der Waals surface area contributed by atoms with Gasteiger partial charge in [0.15, 0.2) is 0 Å². The first kappa shape index (κ1) is 7.57. The molecule has 9 heavy (non-hydrogen) atoms. The Balaban J connectivity index is 2.74. The van der Waals surface area contributed by atoms with Crippen molar-refractivity contribution >= 4 is 11.5 Å². The van der Waals surface area contributed by atoms with E-state index in [2.05, 4.69) is 0 Å². The Morgan fingerprint density at radius 1 is 1.67 bits per heavy atom. The molecule has 0 bridgehead atoms. The van der Waals surface area contributed by atoms with Gasteiger partial charge >= 0.3 is 68.9 Å². The predicted molar refractivity (Wildman–Crippen MR) is 30.1 cm³/mol. The van der Waals surface area contributed by atoms with Gasteiger partial charge in [0.05, 0.1) is 0 Å². The molecular formula is C5H5ClHgO2. The second kappa shape index (κ2) is 3.59. The van der Waals surface area contributed by atoms with Gasteiger partial charge in [-0.05, 0) is 0 Å². The van der Waals surface area contributed by atoms with Crippen LogP contribution in [0.15, 0.2) is 16.5 Å². The summed E-state index contributed by atoms with van der Waals surface area (Å²) in [5.41, 5.74) is 0. The fourth-order valence-corrected chi connectivity index (χ4v) is 3.58. The molecule has 1 rings (SSSR count). The van der Waals surface area contributed by atoms with Crippen molar-refractivity contribution in [1.82, 2.24) is 0 Å². The van der Waals surface area contributed by atoms with Gasteiger partial charge in [-0.1, -0.05) is 0 Å². The predicted octanol–water partition coefficient (Wildman–Crippen LogP) is 0.633. The summed E-state index contributed by atoms with van der Waals surface area (Å²) in [5, 5.41) is 8.53. The maximum atomic E-state index is 8.53. The molecule has 4 heteroatoms. The van der Waals surface area contributed by atoms with Gasteiger partial charge < -0.3 is 0 Å². The third-order valence-corrected chi connectivity index (χ3v) is 5.82. The molecule has 1 aromatic rings. The summed E-state index contributed by atoms with van der Waals surface area (Å²) in [6, 6.07) is 3.61. The number of halogens is 1. The van der Waals surface area contributed by atoms with Crippen molar-refractivity contribution in [3.8, 4) is 0 Å². The second-order valence-corrected chi connectivity index (χ2v) is 7.75. The van der Waals surface area contributed by atoms with Crippen LogP contribution in [0.4, 0.5) is 0 Å². The number of hydrogen-bond donors (Lipinski definition) is 1. The Morgan fingerprint density at radius 2 is 2.44 bits per heavy atom. The Hall–Kier alpha value is 0.465. The van der Waals surface area contributed by atoms with E-state index in [0.29, 0.717) is 5.76 Å². The molecule has 0 atom stereocenters. The van der Waals surface area contributed by atoms with Gasteiger partial charge in [0.25, 0.3) is 0 Å². The van der Waals surface area contributed by atoms with Crippen LogP contribution in [0, 0.1) is 0 Å². The van der Waals surface area contributed by atoms with Gasteiger partial charge in [0.1, 0.15) is 0 Å². The van der Waals surface area contributed by atoms with Crippen LogP contribution in [-0.4, -0.2) is 5.11 Å². The maximum absolute atomic E-state index is 8.53. The number of aliphatic hydroxyl groups is 1. The van der Waals surface area contributed by atoms with E-state index in [1.807, 2.05) is 6.07 Å². The zero-order chi connectivity index (χ0) is 6.69. The molecular weight excluding hydrogens is 328 g/mol. The van der Waals surface area contributed by atoms with Gasteiger partial charge in [-0.15, -0.1) is 0 Å². The summed E-state index contributed by atoms with van der Waals surface area (Å²) in [6.07, 6.45) is 0. The fraction of sp³-hybridized carbons (Fsp3) is 0.200. The zero-order valence-corrected chi connectivity index (χ0v) is 11.1.